The molecule has 0 unspecified atom stereocenters. The number of ether oxygens (including phenoxy) is 1. The number of anilines is 1. The normalized spacial score (nSPS) is 12.7. The number of carbonyl (C=O) groups is 1. The summed E-state index contributed by atoms with van der Waals surface area (Å²) in [7, 11) is 0. The molecule has 0 aliphatic carbocycles. The zero-order valence-corrected chi connectivity index (χ0v) is 10.0. The van der Waals surface area contributed by atoms with Gasteiger partial charge in [0.2, 0.25) is 5.95 Å². The van der Waals surface area contributed by atoms with Crippen LogP contribution in [-0.2, 0) is 6.42 Å². The van der Waals surface area contributed by atoms with Gasteiger partial charge >= 0.3 is 0 Å². The molecule has 96 valence electrons. The third-order valence-electron chi connectivity index (χ3n) is 2.90. The van der Waals surface area contributed by atoms with E-state index < -0.39 is 11.9 Å². The molecule has 0 saturated carbocycles. The van der Waals surface area contributed by atoms with Gasteiger partial charge in [0.1, 0.15) is 11.4 Å². The minimum atomic E-state index is -0.671. The Balaban J connectivity index is 1.80. The summed E-state index contributed by atoms with van der Waals surface area (Å²) in [5.74, 6) is -0.254. The molecule has 0 fully saturated rings. The number of fused-ring (bicyclic) bond motifs is 1. The van der Waals surface area contributed by atoms with Crippen LogP contribution in [0.5, 0.6) is 5.75 Å². The van der Waals surface area contributed by atoms with Gasteiger partial charge in [0.15, 0.2) is 0 Å². The molecule has 19 heavy (non-hydrogen) atoms. The van der Waals surface area contributed by atoms with Gasteiger partial charge in [-0.05, 0) is 35.9 Å². The molecule has 1 aliphatic rings. The van der Waals surface area contributed by atoms with Gasteiger partial charge in [0, 0.05) is 12.1 Å². The molecule has 0 bridgehead atoms. The Labute approximate surface area is 109 Å². The van der Waals surface area contributed by atoms with Crippen LogP contribution in [0.25, 0.3) is 0 Å². The lowest BCUT2D eigenvalue weighted by Gasteiger charge is -2.06. The minimum Gasteiger partial charge on any atom is -0.493 e. The highest BCUT2D eigenvalue weighted by atomic mass is 19.1. The van der Waals surface area contributed by atoms with Gasteiger partial charge in [0.05, 0.1) is 6.61 Å². The average Bonchev–Trinajstić information content (AvgIpc) is 2.86. The van der Waals surface area contributed by atoms with Crippen molar-refractivity contribution in [2.24, 2.45) is 0 Å². The van der Waals surface area contributed by atoms with Crippen molar-refractivity contribution < 1.29 is 13.9 Å². The van der Waals surface area contributed by atoms with Crippen molar-refractivity contribution in [3.05, 3.63) is 53.6 Å². The number of nitrogens with one attached hydrogen (secondary N) is 1. The SMILES string of the molecule is O=C(Nc1ccc2c(c1)CCO2)c1cccc(F)n1. The summed E-state index contributed by atoms with van der Waals surface area (Å²) in [6.07, 6.45) is 0.831. The number of halogens is 1. The molecule has 0 saturated heterocycles. The van der Waals surface area contributed by atoms with Gasteiger partial charge in [-0.15, -0.1) is 0 Å². The van der Waals surface area contributed by atoms with Crippen molar-refractivity contribution in [2.75, 3.05) is 11.9 Å². The largest absolute Gasteiger partial charge is 0.493 e. The van der Waals surface area contributed by atoms with Crippen LogP contribution in [-0.4, -0.2) is 17.5 Å². The van der Waals surface area contributed by atoms with Gasteiger partial charge in [-0.2, -0.15) is 4.39 Å². The Morgan fingerprint density at radius 2 is 2.21 bits per heavy atom. The standard InChI is InChI=1S/C14H11FN2O2/c15-13-3-1-2-11(17-13)14(18)16-10-4-5-12-9(8-10)6-7-19-12/h1-5,8H,6-7H2,(H,16,18). The first-order valence-corrected chi connectivity index (χ1v) is 5.92. The lowest BCUT2D eigenvalue weighted by molar-refractivity contribution is 0.102. The fourth-order valence-corrected chi connectivity index (χ4v) is 1.99. The fourth-order valence-electron chi connectivity index (χ4n) is 1.99. The molecular formula is C14H11FN2O2. The van der Waals surface area contributed by atoms with E-state index >= 15 is 0 Å². The predicted molar refractivity (Wildman–Crippen MR) is 67.8 cm³/mol. The third-order valence-corrected chi connectivity index (χ3v) is 2.90. The number of pyridine rings is 1. The Bertz CT molecular complexity index is 643. The van der Waals surface area contributed by atoms with Crippen LogP contribution in [0.15, 0.2) is 36.4 Å². The zero-order chi connectivity index (χ0) is 13.2. The zero-order valence-electron chi connectivity index (χ0n) is 10.0. The van der Waals surface area contributed by atoms with Gasteiger partial charge in [-0.3, -0.25) is 4.79 Å². The van der Waals surface area contributed by atoms with E-state index in [0.29, 0.717) is 12.3 Å². The van der Waals surface area contributed by atoms with Crippen LogP contribution in [0.3, 0.4) is 0 Å². The van der Waals surface area contributed by atoms with Crippen LogP contribution in [0.4, 0.5) is 10.1 Å². The van der Waals surface area contributed by atoms with Crippen molar-refractivity contribution in [3.8, 4) is 5.75 Å². The number of hydrogen-bond acceptors (Lipinski definition) is 3. The van der Waals surface area contributed by atoms with Crippen molar-refractivity contribution in [1.29, 1.82) is 0 Å². The van der Waals surface area contributed by atoms with Gasteiger partial charge < -0.3 is 10.1 Å². The van der Waals surface area contributed by atoms with Crippen LogP contribution < -0.4 is 10.1 Å². The molecular weight excluding hydrogens is 247 g/mol. The molecule has 1 N–H and O–H groups in total. The molecule has 1 amide bonds. The molecule has 3 rings (SSSR count). The summed E-state index contributed by atoms with van der Waals surface area (Å²) < 4.78 is 18.3. The van der Waals surface area contributed by atoms with E-state index in [1.54, 1.807) is 6.07 Å². The first kappa shape index (κ1) is 11.6. The Morgan fingerprint density at radius 1 is 1.32 bits per heavy atom. The second kappa shape index (κ2) is 4.68. The molecule has 1 aliphatic heterocycles. The maximum atomic E-state index is 12.9. The second-order valence-corrected chi connectivity index (χ2v) is 4.22. The van der Waals surface area contributed by atoms with Crippen molar-refractivity contribution in [1.82, 2.24) is 4.98 Å². The first-order chi connectivity index (χ1) is 9.22. The molecule has 4 nitrogen and oxygen atoms in total. The number of nitrogens with zero attached hydrogens (tertiary/aromatic N) is 1. The van der Waals surface area contributed by atoms with Gasteiger partial charge in [-0.1, -0.05) is 6.07 Å². The molecule has 2 heterocycles. The van der Waals surface area contributed by atoms with Gasteiger partial charge in [-0.25, -0.2) is 4.98 Å². The minimum absolute atomic E-state index is 0.0525. The molecule has 2 aromatic rings. The van der Waals surface area contributed by atoms with Gasteiger partial charge in [0.25, 0.3) is 5.91 Å². The monoisotopic (exact) mass is 258 g/mol. The lowest BCUT2D eigenvalue weighted by atomic mass is 10.1. The highest BCUT2D eigenvalue weighted by Gasteiger charge is 2.14. The molecule has 0 radical (unpaired) electrons. The molecule has 1 aromatic heterocycles. The Kier molecular flexibility index (Phi) is 2.87. The molecule has 0 spiro atoms. The topological polar surface area (TPSA) is 51.2 Å². The van der Waals surface area contributed by atoms with Crippen LogP contribution in [0, 0.1) is 5.95 Å². The summed E-state index contributed by atoms with van der Waals surface area (Å²) in [6.45, 7) is 0.665. The summed E-state index contributed by atoms with van der Waals surface area (Å²) in [5, 5.41) is 2.69. The van der Waals surface area contributed by atoms with E-state index in [4.69, 9.17) is 4.74 Å². The predicted octanol–water partition coefficient (Wildman–Crippen LogP) is 2.41. The highest BCUT2D eigenvalue weighted by Crippen LogP contribution is 2.27. The maximum Gasteiger partial charge on any atom is 0.274 e. The highest BCUT2D eigenvalue weighted by molar-refractivity contribution is 6.02. The van der Waals surface area contributed by atoms with Crippen LogP contribution in [0.1, 0.15) is 16.1 Å². The quantitative estimate of drug-likeness (QED) is 0.841. The van der Waals surface area contributed by atoms with E-state index in [1.165, 1.54) is 18.2 Å². The smallest absolute Gasteiger partial charge is 0.274 e. The Morgan fingerprint density at radius 3 is 3.05 bits per heavy atom. The third kappa shape index (κ3) is 2.40. The summed E-state index contributed by atoms with van der Waals surface area (Å²) in [5.41, 5.74) is 1.77. The second-order valence-electron chi connectivity index (χ2n) is 4.22. The van der Waals surface area contributed by atoms with Crippen LogP contribution in [0.2, 0.25) is 0 Å². The summed E-state index contributed by atoms with van der Waals surface area (Å²) >= 11 is 0. The van der Waals surface area contributed by atoms with E-state index in [0.717, 1.165) is 17.7 Å². The first-order valence-electron chi connectivity index (χ1n) is 5.92. The van der Waals surface area contributed by atoms with Crippen molar-refractivity contribution >= 4 is 11.6 Å². The van der Waals surface area contributed by atoms with E-state index in [-0.39, 0.29) is 5.69 Å². The lowest BCUT2D eigenvalue weighted by Crippen LogP contribution is -2.14. The summed E-state index contributed by atoms with van der Waals surface area (Å²) in [4.78, 5) is 15.4. The van der Waals surface area contributed by atoms with Crippen molar-refractivity contribution in [3.63, 3.8) is 0 Å². The number of benzene rings is 1. The number of rotatable bonds is 2. The molecule has 5 heteroatoms. The Hall–Kier alpha value is -2.43. The fraction of sp³-hybridized carbons (Fsp3) is 0.143. The maximum absolute atomic E-state index is 12.9. The van der Waals surface area contributed by atoms with Crippen LogP contribution >= 0.6 is 0 Å². The summed E-state index contributed by atoms with van der Waals surface area (Å²) in [6, 6.07) is 9.55. The van der Waals surface area contributed by atoms with Crippen molar-refractivity contribution in [2.45, 2.75) is 6.42 Å². The van der Waals surface area contributed by atoms with E-state index in [1.807, 2.05) is 12.1 Å². The number of aromatic nitrogens is 1. The number of hydrogen-bond donors (Lipinski definition) is 1. The number of amides is 1. The molecule has 1 aromatic carbocycles. The van der Waals surface area contributed by atoms with E-state index in [9.17, 15) is 9.18 Å². The van der Waals surface area contributed by atoms with E-state index in [2.05, 4.69) is 10.3 Å². The average molecular weight is 258 g/mol. The number of carbonyl (C=O) groups excluding carboxylic acids is 1. The molecule has 0 atom stereocenters.